The molecule has 0 radical (unpaired) electrons. The number of hydrogen-bond donors (Lipinski definition) is 1. The summed E-state index contributed by atoms with van der Waals surface area (Å²) in [6.45, 7) is 1.28. The Morgan fingerprint density at radius 1 is 1.30 bits per heavy atom. The van der Waals surface area contributed by atoms with Crippen molar-refractivity contribution in [2.45, 2.75) is 12.5 Å². The molecule has 0 aliphatic carbocycles. The van der Waals surface area contributed by atoms with E-state index in [2.05, 4.69) is 15.5 Å². The molecular weight excluding hydrogens is 318 g/mol. The molecule has 23 heavy (non-hydrogen) atoms. The number of sulfone groups is 1. The van der Waals surface area contributed by atoms with Crippen molar-refractivity contribution in [3.63, 3.8) is 0 Å². The smallest absolute Gasteiger partial charge is 0.271 e. The van der Waals surface area contributed by atoms with E-state index in [0.29, 0.717) is 18.8 Å². The maximum Gasteiger partial charge on any atom is 0.271 e. The van der Waals surface area contributed by atoms with Crippen LogP contribution >= 0.6 is 0 Å². The van der Waals surface area contributed by atoms with Crippen molar-refractivity contribution in [3.05, 3.63) is 17.8 Å². The van der Waals surface area contributed by atoms with E-state index >= 15 is 0 Å². The van der Waals surface area contributed by atoms with Gasteiger partial charge in [-0.2, -0.15) is 0 Å². The summed E-state index contributed by atoms with van der Waals surface area (Å²) in [6, 6.07) is 3.21. The Morgan fingerprint density at radius 3 is 2.57 bits per heavy atom. The zero-order chi connectivity index (χ0) is 17.0. The van der Waals surface area contributed by atoms with Crippen molar-refractivity contribution in [3.8, 4) is 0 Å². The zero-order valence-electron chi connectivity index (χ0n) is 13.7. The lowest BCUT2D eigenvalue weighted by molar-refractivity contribution is 0.0945. The number of carbonyl (C=O) groups excluding carboxylic acids is 1. The summed E-state index contributed by atoms with van der Waals surface area (Å²) in [7, 11) is 2.71. The van der Waals surface area contributed by atoms with Gasteiger partial charge < -0.3 is 15.1 Å². The molecule has 1 aromatic rings. The minimum atomic E-state index is -2.95. The van der Waals surface area contributed by atoms with Crippen LogP contribution in [-0.2, 0) is 9.84 Å². The lowest BCUT2D eigenvalue weighted by Crippen LogP contribution is -2.34. The summed E-state index contributed by atoms with van der Waals surface area (Å²) in [5.41, 5.74) is 0.250. The van der Waals surface area contributed by atoms with Crippen LogP contribution in [-0.4, -0.2) is 81.2 Å². The molecule has 0 bridgehead atoms. The van der Waals surface area contributed by atoms with Gasteiger partial charge in [-0.05, 0) is 32.6 Å². The molecule has 1 N–H and O–H groups in total. The van der Waals surface area contributed by atoms with Crippen LogP contribution in [0.4, 0.5) is 5.82 Å². The molecule has 128 valence electrons. The number of nitrogens with zero attached hydrogens (tertiary/aromatic N) is 4. The first-order valence-electron chi connectivity index (χ1n) is 7.48. The molecular formula is C14H23N5O3S. The summed E-state index contributed by atoms with van der Waals surface area (Å²) in [5.74, 6) is 0.647. The van der Waals surface area contributed by atoms with Crippen molar-refractivity contribution < 1.29 is 13.2 Å². The lowest BCUT2D eigenvalue weighted by Gasteiger charge is -2.23. The van der Waals surface area contributed by atoms with Crippen LogP contribution in [0.3, 0.4) is 0 Å². The third-order valence-corrected chi connectivity index (χ3v) is 5.60. The molecule has 1 unspecified atom stereocenters. The van der Waals surface area contributed by atoms with Crippen LogP contribution in [0.5, 0.6) is 0 Å². The van der Waals surface area contributed by atoms with E-state index in [1.54, 1.807) is 19.2 Å². The van der Waals surface area contributed by atoms with Crippen LogP contribution in [0.2, 0.25) is 0 Å². The summed E-state index contributed by atoms with van der Waals surface area (Å²) >= 11 is 0. The summed E-state index contributed by atoms with van der Waals surface area (Å²) in [4.78, 5) is 15.7. The van der Waals surface area contributed by atoms with Gasteiger partial charge in [-0.1, -0.05) is 0 Å². The maximum absolute atomic E-state index is 11.9. The van der Waals surface area contributed by atoms with Crippen molar-refractivity contribution in [1.29, 1.82) is 0 Å². The van der Waals surface area contributed by atoms with Crippen molar-refractivity contribution in [1.82, 2.24) is 20.4 Å². The molecule has 0 spiro atoms. The molecule has 1 amide bonds. The van der Waals surface area contributed by atoms with Gasteiger partial charge >= 0.3 is 0 Å². The Kier molecular flexibility index (Phi) is 5.53. The minimum Gasteiger partial charge on any atom is -0.354 e. The van der Waals surface area contributed by atoms with Crippen molar-refractivity contribution >= 4 is 21.6 Å². The van der Waals surface area contributed by atoms with Gasteiger partial charge in [0.1, 0.15) is 0 Å². The van der Waals surface area contributed by atoms with Gasteiger partial charge in [0.25, 0.3) is 5.91 Å². The van der Waals surface area contributed by atoms with Crippen molar-refractivity contribution in [2.75, 3.05) is 50.6 Å². The second-order valence-electron chi connectivity index (χ2n) is 6.00. The maximum atomic E-state index is 11.9. The second-order valence-corrected chi connectivity index (χ2v) is 8.23. The number of hydrogen-bond acceptors (Lipinski definition) is 7. The molecule has 8 nitrogen and oxygen atoms in total. The number of rotatable bonds is 6. The van der Waals surface area contributed by atoms with Crippen LogP contribution in [0.15, 0.2) is 12.1 Å². The molecule has 0 aromatic carbocycles. The Bertz CT molecular complexity index is 645. The number of carbonyl (C=O) groups is 1. The van der Waals surface area contributed by atoms with Gasteiger partial charge in [0, 0.05) is 26.2 Å². The molecule has 9 heteroatoms. The van der Waals surface area contributed by atoms with Gasteiger partial charge in [0.2, 0.25) is 0 Å². The molecule has 1 aromatic heterocycles. The lowest BCUT2D eigenvalue weighted by atomic mass is 10.2. The quantitative estimate of drug-likeness (QED) is 0.737. The fourth-order valence-electron chi connectivity index (χ4n) is 2.39. The van der Waals surface area contributed by atoms with E-state index in [4.69, 9.17) is 0 Å². The minimum absolute atomic E-state index is 0.0888. The SMILES string of the molecule is CN(C)CCNC(=O)c1ccc(N(C)C2CCS(=O)(=O)C2)nn1. The fourth-order valence-corrected chi connectivity index (χ4v) is 4.16. The van der Waals surface area contributed by atoms with E-state index in [1.807, 2.05) is 23.9 Å². The molecule has 2 heterocycles. The van der Waals surface area contributed by atoms with Gasteiger partial charge in [0.15, 0.2) is 21.3 Å². The van der Waals surface area contributed by atoms with E-state index in [1.165, 1.54) is 0 Å². The van der Waals surface area contributed by atoms with Gasteiger partial charge in [-0.15, -0.1) is 10.2 Å². The Labute approximate surface area is 136 Å². The average molecular weight is 341 g/mol. The van der Waals surface area contributed by atoms with Gasteiger partial charge in [0.05, 0.1) is 11.5 Å². The normalized spacial score (nSPS) is 19.7. The molecule has 0 saturated carbocycles. The highest BCUT2D eigenvalue weighted by atomic mass is 32.2. The Hall–Kier alpha value is -1.74. The highest BCUT2D eigenvalue weighted by molar-refractivity contribution is 7.91. The number of aromatic nitrogens is 2. The Morgan fingerprint density at radius 2 is 2.04 bits per heavy atom. The van der Waals surface area contributed by atoms with E-state index in [0.717, 1.165) is 6.54 Å². The first-order valence-corrected chi connectivity index (χ1v) is 9.30. The predicted octanol–water partition coefficient (Wildman–Crippen LogP) is -0.609. The van der Waals surface area contributed by atoms with Crippen LogP contribution in [0.25, 0.3) is 0 Å². The average Bonchev–Trinajstić information content (AvgIpc) is 2.86. The summed E-state index contributed by atoms with van der Waals surface area (Å²) in [6.07, 6.45) is 0.591. The summed E-state index contributed by atoms with van der Waals surface area (Å²) < 4.78 is 23.1. The van der Waals surface area contributed by atoms with E-state index in [-0.39, 0.29) is 29.1 Å². The monoisotopic (exact) mass is 341 g/mol. The molecule has 1 atom stereocenters. The zero-order valence-corrected chi connectivity index (χ0v) is 14.5. The number of nitrogens with one attached hydrogen (secondary N) is 1. The first kappa shape index (κ1) is 17.6. The van der Waals surface area contributed by atoms with Crippen molar-refractivity contribution in [2.24, 2.45) is 0 Å². The molecule has 1 saturated heterocycles. The Balaban J connectivity index is 1.95. The highest BCUT2D eigenvalue weighted by Crippen LogP contribution is 2.20. The summed E-state index contributed by atoms with van der Waals surface area (Å²) in [5, 5.41) is 10.8. The van der Waals surface area contributed by atoms with Crippen LogP contribution in [0.1, 0.15) is 16.9 Å². The third-order valence-electron chi connectivity index (χ3n) is 3.85. The molecule has 1 aliphatic rings. The van der Waals surface area contributed by atoms with Crippen LogP contribution in [0, 0.1) is 0 Å². The second kappa shape index (κ2) is 7.22. The largest absolute Gasteiger partial charge is 0.354 e. The topological polar surface area (TPSA) is 95.5 Å². The van der Waals surface area contributed by atoms with Gasteiger partial charge in [-0.3, -0.25) is 4.79 Å². The fraction of sp³-hybridized carbons (Fsp3) is 0.643. The number of amides is 1. The first-order chi connectivity index (χ1) is 10.8. The number of likely N-dealkylation sites (N-methyl/N-ethyl adjacent to an activating group) is 1. The standard InChI is InChI=1S/C14H23N5O3S/c1-18(2)8-7-15-14(20)12-4-5-13(17-16-12)19(3)11-6-9-23(21,22)10-11/h4-5,11H,6-10H2,1-3H3,(H,15,20). The highest BCUT2D eigenvalue weighted by Gasteiger charge is 2.31. The molecule has 1 aliphatic heterocycles. The predicted molar refractivity (Wildman–Crippen MR) is 88.4 cm³/mol. The van der Waals surface area contributed by atoms with Gasteiger partial charge in [-0.25, -0.2) is 8.42 Å². The molecule has 1 fully saturated rings. The molecule has 2 rings (SSSR count). The van der Waals surface area contributed by atoms with E-state index < -0.39 is 9.84 Å². The number of anilines is 1. The van der Waals surface area contributed by atoms with Crippen LogP contribution < -0.4 is 10.2 Å². The third kappa shape index (κ3) is 4.87. The van der Waals surface area contributed by atoms with E-state index in [9.17, 15) is 13.2 Å².